The summed E-state index contributed by atoms with van der Waals surface area (Å²) in [5.41, 5.74) is 7.47. The van der Waals surface area contributed by atoms with E-state index in [0.717, 1.165) is 17.0 Å². The van der Waals surface area contributed by atoms with Crippen molar-refractivity contribution in [3.8, 4) is 11.5 Å². The maximum absolute atomic E-state index is 11.7. The van der Waals surface area contributed by atoms with Gasteiger partial charge in [-0.2, -0.15) is 0 Å². The summed E-state index contributed by atoms with van der Waals surface area (Å²) in [6.07, 6.45) is 3.37. The van der Waals surface area contributed by atoms with Gasteiger partial charge in [0, 0.05) is 17.8 Å². The van der Waals surface area contributed by atoms with Gasteiger partial charge in [-0.25, -0.2) is 4.79 Å². The molecule has 0 aliphatic carbocycles. The largest absolute Gasteiger partial charge is 0.426 e. The molecule has 4 aromatic rings. The van der Waals surface area contributed by atoms with E-state index in [4.69, 9.17) is 45.3 Å². The Labute approximate surface area is 230 Å². The molecule has 7 nitrogen and oxygen atoms in total. The Kier molecular flexibility index (Phi) is 12.4. The van der Waals surface area contributed by atoms with Crippen LogP contribution in [0, 0.1) is 13.8 Å². The summed E-state index contributed by atoms with van der Waals surface area (Å²) in [6, 6.07) is 21.0. The average molecular weight is 561 g/mol. The lowest BCUT2D eigenvalue weighted by atomic mass is 10.2. The maximum atomic E-state index is 11.7. The number of pyridine rings is 2. The van der Waals surface area contributed by atoms with E-state index in [0.29, 0.717) is 27.2 Å². The number of esters is 1. The Bertz CT molecular complexity index is 1310. The van der Waals surface area contributed by atoms with Crippen molar-refractivity contribution in [3.63, 3.8) is 0 Å². The molecular weight excluding hydrogens is 537 g/mol. The highest BCUT2D eigenvalue weighted by Crippen LogP contribution is 2.16. The van der Waals surface area contributed by atoms with E-state index < -0.39 is 5.43 Å². The second-order valence-electron chi connectivity index (χ2n) is 7.36. The van der Waals surface area contributed by atoms with Crippen molar-refractivity contribution in [1.82, 2.24) is 9.97 Å². The van der Waals surface area contributed by atoms with Crippen molar-refractivity contribution in [1.29, 1.82) is 0 Å². The molecule has 0 saturated carbocycles. The zero-order valence-corrected chi connectivity index (χ0v) is 22.3. The fourth-order valence-electron chi connectivity index (χ4n) is 2.57. The lowest BCUT2D eigenvalue weighted by Gasteiger charge is -2.05. The molecule has 2 N–H and O–H groups in total. The van der Waals surface area contributed by atoms with Crippen LogP contribution in [-0.4, -0.2) is 21.4 Å². The standard InChI is InChI=1S/C14H12ClNO2.C7H5ClO2.C6H7ClN2/c1-10-13(15)7-11(9-16-10)8-14(17)18-12-5-3-2-4-6-12;8-7(9)10-6-4-2-1-3-5-6;1-4-6(7)2-5(8)3-9-4/h2-7,9H,8H2,1H3;1-5H;2-3H,8H2,1H3. The maximum Gasteiger partial charge on any atom is 0.409 e. The van der Waals surface area contributed by atoms with Gasteiger partial charge in [-0.1, -0.05) is 59.6 Å². The molecule has 0 radical (unpaired) electrons. The number of nitrogens with two attached hydrogens (primary N) is 1. The van der Waals surface area contributed by atoms with Crippen LogP contribution in [0.5, 0.6) is 11.5 Å². The molecule has 0 aliphatic heterocycles. The van der Waals surface area contributed by atoms with E-state index in [1.807, 2.05) is 38.1 Å². The molecule has 0 amide bonds. The first kappa shape index (κ1) is 29.6. The van der Waals surface area contributed by atoms with Crippen LogP contribution in [-0.2, 0) is 11.2 Å². The summed E-state index contributed by atoms with van der Waals surface area (Å²) in [7, 11) is 0. The zero-order valence-electron chi connectivity index (χ0n) is 20.0. The number of aromatic nitrogens is 2. The van der Waals surface area contributed by atoms with Crippen LogP contribution in [0.15, 0.2) is 85.2 Å². The number of halogens is 3. The van der Waals surface area contributed by atoms with Crippen LogP contribution < -0.4 is 15.2 Å². The molecule has 0 unspecified atom stereocenters. The number of ether oxygens (including phenoxy) is 2. The molecule has 0 fully saturated rings. The Morgan fingerprint density at radius 1 is 0.784 bits per heavy atom. The Hall–Kier alpha value is -3.65. The number of hydrogen-bond acceptors (Lipinski definition) is 7. The molecule has 0 aliphatic rings. The van der Waals surface area contributed by atoms with E-state index >= 15 is 0 Å². The van der Waals surface area contributed by atoms with E-state index in [9.17, 15) is 9.59 Å². The first-order valence-corrected chi connectivity index (χ1v) is 11.9. The van der Waals surface area contributed by atoms with Crippen LogP contribution in [0.3, 0.4) is 0 Å². The molecule has 2 aromatic carbocycles. The molecular formula is C27H24Cl3N3O4. The van der Waals surface area contributed by atoms with Crippen molar-refractivity contribution >= 4 is 51.9 Å². The van der Waals surface area contributed by atoms with Gasteiger partial charge in [0.1, 0.15) is 11.5 Å². The molecule has 0 bridgehead atoms. The molecule has 0 saturated heterocycles. The monoisotopic (exact) mass is 559 g/mol. The molecule has 192 valence electrons. The number of benzene rings is 2. The highest BCUT2D eigenvalue weighted by atomic mass is 35.5. The minimum absolute atomic E-state index is 0.155. The normalized spacial score (nSPS) is 9.65. The van der Waals surface area contributed by atoms with Crippen molar-refractivity contribution < 1.29 is 19.1 Å². The third-order valence-electron chi connectivity index (χ3n) is 4.39. The Balaban J connectivity index is 0.000000214. The van der Waals surface area contributed by atoms with Crippen LogP contribution in [0.1, 0.15) is 17.0 Å². The van der Waals surface area contributed by atoms with Gasteiger partial charge in [0.2, 0.25) is 0 Å². The number of anilines is 1. The number of para-hydroxylation sites is 2. The van der Waals surface area contributed by atoms with Crippen LogP contribution >= 0.6 is 34.8 Å². The minimum atomic E-state index is -0.814. The van der Waals surface area contributed by atoms with Gasteiger partial charge in [0.05, 0.1) is 39.7 Å². The number of hydrogen-bond donors (Lipinski definition) is 1. The summed E-state index contributed by atoms with van der Waals surface area (Å²) in [4.78, 5) is 29.9. The summed E-state index contributed by atoms with van der Waals surface area (Å²) < 4.78 is 9.72. The van der Waals surface area contributed by atoms with Crippen molar-refractivity contribution in [2.24, 2.45) is 0 Å². The summed E-state index contributed by atoms with van der Waals surface area (Å²) >= 11 is 16.6. The van der Waals surface area contributed by atoms with Gasteiger partial charge in [-0.05, 0) is 55.8 Å². The van der Waals surface area contributed by atoms with Crippen molar-refractivity contribution in [2.45, 2.75) is 20.3 Å². The molecule has 4 rings (SSSR count). The average Bonchev–Trinajstić information content (AvgIpc) is 2.86. The molecule has 10 heteroatoms. The first-order chi connectivity index (χ1) is 17.6. The molecule has 0 spiro atoms. The number of aryl methyl sites for hydroxylation is 2. The topological polar surface area (TPSA) is 104 Å². The fraction of sp³-hybridized carbons (Fsp3) is 0.111. The van der Waals surface area contributed by atoms with E-state index in [1.165, 1.54) is 0 Å². The Morgan fingerprint density at radius 3 is 1.73 bits per heavy atom. The minimum Gasteiger partial charge on any atom is -0.426 e. The quantitative estimate of drug-likeness (QED) is 0.159. The van der Waals surface area contributed by atoms with E-state index in [1.54, 1.807) is 60.9 Å². The van der Waals surface area contributed by atoms with Crippen molar-refractivity contribution in [2.75, 3.05) is 5.73 Å². The number of nitrogens with zero attached hydrogens (tertiary/aromatic N) is 2. The van der Waals surface area contributed by atoms with E-state index in [2.05, 4.69) is 14.7 Å². The Morgan fingerprint density at radius 2 is 1.27 bits per heavy atom. The lowest BCUT2D eigenvalue weighted by molar-refractivity contribution is -0.133. The highest BCUT2D eigenvalue weighted by molar-refractivity contribution is 6.61. The number of carbonyl (C=O) groups excluding carboxylic acids is 2. The van der Waals surface area contributed by atoms with Crippen LogP contribution in [0.2, 0.25) is 10.0 Å². The second kappa shape index (κ2) is 15.5. The third-order valence-corrected chi connectivity index (χ3v) is 5.24. The number of rotatable bonds is 4. The second-order valence-corrected chi connectivity index (χ2v) is 8.49. The molecule has 37 heavy (non-hydrogen) atoms. The van der Waals surface area contributed by atoms with Gasteiger partial charge in [-0.3, -0.25) is 14.8 Å². The van der Waals surface area contributed by atoms with Crippen LogP contribution in [0.4, 0.5) is 10.5 Å². The third kappa shape index (κ3) is 11.8. The predicted molar refractivity (Wildman–Crippen MR) is 146 cm³/mol. The summed E-state index contributed by atoms with van der Waals surface area (Å²) in [5.74, 6) is 0.666. The highest BCUT2D eigenvalue weighted by Gasteiger charge is 2.08. The van der Waals surface area contributed by atoms with Gasteiger partial charge in [-0.15, -0.1) is 0 Å². The van der Waals surface area contributed by atoms with Gasteiger partial charge in [0.15, 0.2) is 0 Å². The van der Waals surface area contributed by atoms with E-state index in [-0.39, 0.29) is 12.4 Å². The lowest BCUT2D eigenvalue weighted by Crippen LogP contribution is -2.11. The summed E-state index contributed by atoms with van der Waals surface area (Å²) in [6.45, 7) is 3.65. The van der Waals surface area contributed by atoms with Gasteiger partial charge >= 0.3 is 11.4 Å². The number of nitrogen functional groups attached to an aromatic ring is 1. The SMILES string of the molecule is Cc1ncc(CC(=O)Oc2ccccc2)cc1Cl.Cc1ncc(N)cc1Cl.O=C(Cl)Oc1ccccc1. The zero-order chi connectivity index (χ0) is 27.2. The molecule has 0 atom stereocenters. The predicted octanol–water partition coefficient (Wildman–Crippen LogP) is 7.24. The summed E-state index contributed by atoms with van der Waals surface area (Å²) in [5, 5.41) is 1.18. The molecule has 2 aromatic heterocycles. The molecule has 2 heterocycles. The van der Waals surface area contributed by atoms with Crippen molar-refractivity contribution in [3.05, 3.63) is 112 Å². The fourth-order valence-corrected chi connectivity index (χ4v) is 3.02. The van der Waals surface area contributed by atoms with Gasteiger partial charge < -0.3 is 15.2 Å². The van der Waals surface area contributed by atoms with Gasteiger partial charge in [0.25, 0.3) is 0 Å². The first-order valence-electron chi connectivity index (χ1n) is 10.8. The smallest absolute Gasteiger partial charge is 0.409 e. The number of carbonyl (C=O) groups is 2. The van der Waals surface area contributed by atoms with Crippen LogP contribution in [0.25, 0.3) is 0 Å².